The SMILES string of the molecule is CC(NCCC1CCN(C(=O)OC(C)(C)C)C1)c1ccnn1C. The van der Waals surface area contributed by atoms with Crippen LogP contribution in [0.2, 0.25) is 0 Å². The van der Waals surface area contributed by atoms with Crippen LogP contribution in [0.1, 0.15) is 52.3 Å². The third-order valence-electron chi connectivity index (χ3n) is 4.24. The average molecular weight is 322 g/mol. The molecule has 2 rings (SSSR count). The number of nitrogens with one attached hydrogen (secondary N) is 1. The highest BCUT2D eigenvalue weighted by Gasteiger charge is 2.29. The van der Waals surface area contributed by atoms with Gasteiger partial charge in [0.2, 0.25) is 0 Å². The van der Waals surface area contributed by atoms with Gasteiger partial charge in [0, 0.05) is 32.4 Å². The normalized spacial score (nSPS) is 19.9. The van der Waals surface area contributed by atoms with E-state index in [1.165, 1.54) is 5.69 Å². The number of nitrogens with zero attached hydrogens (tertiary/aromatic N) is 3. The Morgan fingerprint density at radius 3 is 2.87 bits per heavy atom. The Labute approximate surface area is 139 Å². The van der Waals surface area contributed by atoms with Crippen LogP contribution in [0.15, 0.2) is 12.3 Å². The number of amides is 1. The van der Waals surface area contributed by atoms with Crippen molar-refractivity contribution in [3.05, 3.63) is 18.0 Å². The van der Waals surface area contributed by atoms with Crippen molar-refractivity contribution in [2.45, 2.75) is 52.2 Å². The fraction of sp³-hybridized carbons (Fsp3) is 0.765. The molecule has 0 spiro atoms. The Bertz CT molecular complexity index is 521. The number of aryl methyl sites for hydroxylation is 1. The van der Waals surface area contributed by atoms with E-state index >= 15 is 0 Å². The summed E-state index contributed by atoms with van der Waals surface area (Å²) < 4.78 is 7.34. The molecule has 1 saturated heterocycles. The van der Waals surface area contributed by atoms with E-state index in [0.717, 1.165) is 32.5 Å². The van der Waals surface area contributed by atoms with Crippen molar-refractivity contribution in [1.82, 2.24) is 20.0 Å². The molecule has 2 unspecified atom stereocenters. The standard InChI is InChI=1S/C17H30N4O2/c1-13(15-7-10-19-20(15)5)18-9-6-14-8-11-21(12-14)16(22)23-17(2,3)4/h7,10,13-14,18H,6,8-9,11-12H2,1-5H3. The van der Waals surface area contributed by atoms with Crippen LogP contribution in [0.3, 0.4) is 0 Å². The molecule has 0 radical (unpaired) electrons. The molecule has 130 valence electrons. The van der Waals surface area contributed by atoms with E-state index in [0.29, 0.717) is 5.92 Å². The first-order valence-corrected chi connectivity index (χ1v) is 8.45. The molecule has 6 heteroatoms. The Hall–Kier alpha value is -1.56. The van der Waals surface area contributed by atoms with Crippen molar-refractivity contribution in [1.29, 1.82) is 0 Å². The first kappa shape index (κ1) is 17.8. The number of likely N-dealkylation sites (tertiary alicyclic amines) is 1. The average Bonchev–Trinajstić information content (AvgIpc) is 3.05. The minimum atomic E-state index is -0.421. The molecule has 1 fully saturated rings. The molecule has 1 N–H and O–H groups in total. The maximum absolute atomic E-state index is 12.1. The third kappa shape index (κ3) is 5.23. The third-order valence-corrected chi connectivity index (χ3v) is 4.24. The molecule has 0 bridgehead atoms. The lowest BCUT2D eigenvalue weighted by Gasteiger charge is -2.24. The zero-order valence-electron chi connectivity index (χ0n) is 15.0. The van der Waals surface area contributed by atoms with E-state index in [1.807, 2.05) is 49.7 Å². The zero-order valence-corrected chi connectivity index (χ0v) is 15.0. The van der Waals surface area contributed by atoms with E-state index in [1.54, 1.807) is 0 Å². The zero-order chi connectivity index (χ0) is 17.0. The van der Waals surface area contributed by atoms with Gasteiger partial charge >= 0.3 is 6.09 Å². The minimum absolute atomic E-state index is 0.184. The molecule has 23 heavy (non-hydrogen) atoms. The molecular formula is C17H30N4O2. The number of ether oxygens (including phenoxy) is 1. The van der Waals surface area contributed by atoms with Crippen molar-refractivity contribution < 1.29 is 9.53 Å². The predicted molar refractivity (Wildman–Crippen MR) is 90.2 cm³/mol. The number of aromatic nitrogens is 2. The lowest BCUT2D eigenvalue weighted by molar-refractivity contribution is 0.0287. The van der Waals surface area contributed by atoms with E-state index in [2.05, 4.69) is 17.3 Å². The molecule has 2 heterocycles. The van der Waals surface area contributed by atoms with E-state index in [4.69, 9.17) is 4.74 Å². The minimum Gasteiger partial charge on any atom is -0.444 e. The summed E-state index contributed by atoms with van der Waals surface area (Å²) >= 11 is 0. The lowest BCUT2D eigenvalue weighted by atomic mass is 10.0. The van der Waals surface area contributed by atoms with Crippen molar-refractivity contribution in [3.63, 3.8) is 0 Å². The van der Waals surface area contributed by atoms with E-state index < -0.39 is 5.60 Å². The van der Waals surface area contributed by atoms with Crippen molar-refractivity contribution in [3.8, 4) is 0 Å². The summed E-state index contributed by atoms with van der Waals surface area (Å²) in [4.78, 5) is 13.9. The molecule has 1 aromatic heterocycles. The highest BCUT2D eigenvalue weighted by molar-refractivity contribution is 5.68. The first-order chi connectivity index (χ1) is 10.8. The summed E-state index contributed by atoms with van der Waals surface area (Å²) in [5.41, 5.74) is 0.765. The number of rotatable bonds is 5. The summed E-state index contributed by atoms with van der Waals surface area (Å²) in [6, 6.07) is 2.32. The maximum Gasteiger partial charge on any atom is 0.410 e. The summed E-state index contributed by atoms with van der Waals surface area (Å²) in [7, 11) is 1.96. The van der Waals surface area contributed by atoms with Gasteiger partial charge in [-0.25, -0.2) is 4.79 Å². The summed E-state index contributed by atoms with van der Waals surface area (Å²) in [5, 5.41) is 7.74. The van der Waals surface area contributed by atoms with Crippen LogP contribution in [0.4, 0.5) is 4.79 Å². The van der Waals surface area contributed by atoms with E-state index in [-0.39, 0.29) is 12.1 Å². The second kappa shape index (κ2) is 7.34. The van der Waals surface area contributed by atoms with Gasteiger partial charge in [-0.05, 0) is 59.1 Å². The van der Waals surface area contributed by atoms with Crippen molar-refractivity contribution in [2.24, 2.45) is 13.0 Å². The topological polar surface area (TPSA) is 59.4 Å². The van der Waals surface area contributed by atoms with E-state index in [9.17, 15) is 4.79 Å². The van der Waals surface area contributed by atoms with Gasteiger partial charge in [-0.15, -0.1) is 0 Å². The van der Waals surface area contributed by atoms with Gasteiger partial charge in [-0.1, -0.05) is 0 Å². The number of hydrogen-bond acceptors (Lipinski definition) is 4. The smallest absolute Gasteiger partial charge is 0.410 e. The number of carbonyl (C=O) groups excluding carboxylic acids is 1. The maximum atomic E-state index is 12.1. The van der Waals surface area contributed by atoms with Gasteiger partial charge in [0.1, 0.15) is 5.60 Å². The van der Waals surface area contributed by atoms with Gasteiger partial charge in [-0.3, -0.25) is 4.68 Å². The number of hydrogen-bond donors (Lipinski definition) is 1. The molecule has 0 aromatic carbocycles. The Balaban J connectivity index is 1.70. The molecule has 1 aromatic rings. The van der Waals surface area contributed by atoms with Crippen LogP contribution >= 0.6 is 0 Å². The van der Waals surface area contributed by atoms with Crippen LogP contribution in [0, 0.1) is 5.92 Å². The van der Waals surface area contributed by atoms with Gasteiger partial charge in [0.25, 0.3) is 0 Å². The van der Waals surface area contributed by atoms with Crippen LogP contribution in [-0.2, 0) is 11.8 Å². The van der Waals surface area contributed by atoms with Crippen LogP contribution in [0.25, 0.3) is 0 Å². The van der Waals surface area contributed by atoms with Gasteiger partial charge in [0.05, 0.1) is 5.69 Å². The summed E-state index contributed by atoms with van der Waals surface area (Å²) in [5.74, 6) is 0.550. The molecule has 0 aliphatic carbocycles. The highest BCUT2D eigenvalue weighted by Crippen LogP contribution is 2.22. The molecule has 1 aliphatic heterocycles. The summed E-state index contributed by atoms with van der Waals surface area (Å²) in [6.45, 7) is 10.4. The molecule has 6 nitrogen and oxygen atoms in total. The van der Waals surface area contributed by atoms with Gasteiger partial charge in [0.15, 0.2) is 0 Å². The Kier molecular flexibility index (Phi) is 5.68. The second-order valence-electron chi connectivity index (χ2n) is 7.43. The first-order valence-electron chi connectivity index (χ1n) is 8.45. The monoisotopic (exact) mass is 322 g/mol. The van der Waals surface area contributed by atoms with Crippen LogP contribution < -0.4 is 5.32 Å². The van der Waals surface area contributed by atoms with Gasteiger partial charge in [-0.2, -0.15) is 5.10 Å². The molecule has 1 aliphatic rings. The highest BCUT2D eigenvalue weighted by atomic mass is 16.6. The summed E-state index contributed by atoms with van der Waals surface area (Å²) in [6.07, 6.45) is 3.77. The van der Waals surface area contributed by atoms with Crippen LogP contribution in [-0.4, -0.2) is 46.0 Å². The molecule has 2 atom stereocenters. The fourth-order valence-electron chi connectivity index (χ4n) is 2.98. The second-order valence-corrected chi connectivity index (χ2v) is 7.43. The Morgan fingerprint density at radius 2 is 2.26 bits per heavy atom. The van der Waals surface area contributed by atoms with Crippen LogP contribution in [0.5, 0.6) is 0 Å². The Morgan fingerprint density at radius 1 is 1.52 bits per heavy atom. The number of carbonyl (C=O) groups is 1. The molecular weight excluding hydrogens is 292 g/mol. The molecule has 1 amide bonds. The van der Waals surface area contributed by atoms with Gasteiger partial charge < -0.3 is 15.0 Å². The van der Waals surface area contributed by atoms with Crippen molar-refractivity contribution >= 4 is 6.09 Å². The van der Waals surface area contributed by atoms with Crippen molar-refractivity contribution in [2.75, 3.05) is 19.6 Å². The molecule has 0 saturated carbocycles. The largest absolute Gasteiger partial charge is 0.444 e. The quantitative estimate of drug-likeness (QED) is 0.905. The fourth-order valence-corrected chi connectivity index (χ4v) is 2.98. The predicted octanol–water partition coefficient (Wildman–Crippen LogP) is 2.72. The lowest BCUT2D eigenvalue weighted by Crippen LogP contribution is -2.35.